The van der Waals surface area contributed by atoms with Crippen LogP contribution in [-0.4, -0.2) is 30.8 Å². The average Bonchev–Trinajstić information content (AvgIpc) is 2.42. The monoisotopic (exact) mass is 265 g/mol. The van der Waals surface area contributed by atoms with E-state index in [1.165, 1.54) is 11.1 Å². The Kier molecular flexibility index (Phi) is 5.54. The maximum absolute atomic E-state index is 5.94. The predicted molar refractivity (Wildman–Crippen MR) is 79.3 cm³/mol. The van der Waals surface area contributed by atoms with Crippen LogP contribution in [0.2, 0.25) is 0 Å². The summed E-state index contributed by atoms with van der Waals surface area (Å²) in [4.78, 5) is 0. The molecule has 2 atom stereocenters. The van der Waals surface area contributed by atoms with E-state index < -0.39 is 0 Å². The standard InChI is InChI=1S/C15H23NOS/c1-3-8-16-15(14-11-18-10-9-17-14)13-6-4-12(2)5-7-13/h4-7,14-16H,3,8-11H2,1-2H3. The van der Waals surface area contributed by atoms with Crippen molar-refractivity contribution in [2.75, 3.05) is 24.7 Å². The third kappa shape index (κ3) is 3.74. The summed E-state index contributed by atoms with van der Waals surface area (Å²) >= 11 is 2.00. The van der Waals surface area contributed by atoms with Crippen molar-refractivity contribution in [1.29, 1.82) is 0 Å². The van der Waals surface area contributed by atoms with Crippen LogP contribution < -0.4 is 5.32 Å². The molecule has 1 aliphatic rings. The minimum atomic E-state index is 0.304. The SMILES string of the molecule is CCCNC(c1ccc(C)cc1)C1CSCCO1. The molecule has 0 aromatic heterocycles. The van der Waals surface area contributed by atoms with E-state index in [9.17, 15) is 0 Å². The van der Waals surface area contributed by atoms with Crippen LogP contribution >= 0.6 is 11.8 Å². The molecular formula is C15H23NOS. The van der Waals surface area contributed by atoms with Crippen molar-refractivity contribution in [2.24, 2.45) is 0 Å². The summed E-state index contributed by atoms with van der Waals surface area (Å²) in [7, 11) is 0. The van der Waals surface area contributed by atoms with Crippen LogP contribution in [0.1, 0.15) is 30.5 Å². The topological polar surface area (TPSA) is 21.3 Å². The van der Waals surface area contributed by atoms with Crippen LogP contribution in [0.4, 0.5) is 0 Å². The van der Waals surface area contributed by atoms with Gasteiger partial charge in [-0.1, -0.05) is 36.8 Å². The second kappa shape index (κ2) is 7.17. The molecule has 1 aromatic carbocycles. The van der Waals surface area contributed by atoms with E-state index in [0.29, 0.717) is 12.1 Å². The van der Waals surface area contributed by atoms with Gasteiger partial charge in [-0.05, 0) is 25.5 Å². The molecule has 0 amide bonds. The molecule has 1 fully saturated rings. The van der Waals surface area contributed by atoms with Gasteiger partial charge in [0.2, 0.25) is 0 Å². The lowest BCUT2D eigenvalue weighted by Crippen LogP contribution is -2.38. The van der Waals surface area contributed by atoms with Gasteiger partial charge in [-0.2, -0.15) is 11.8 Å². The molecule has 18 heavy (non-hydrogen) atoms. The van der Waals surface area contributed by atoms with Crippen molar-refractivity contribution in [3.05, 3.63) is 35.4 Å². The van der Waals surface area contributed by atoms with Crippen molar-refractivity contribution in [3.63, 3.8) is 0 Å². The smallest absolute Gasteiger partial charge is 0.0860 e. The summed E-state index contributed by atoms with van der Waals surface area (Å²) in [6.07, 6.45) is 1.46. The second-order valence-electron chi connectivity index (χ2n) is 4.83. The van der Waals surface area contributed by atoms with Gasteiger partial charge in [0, 0.05) is 11.5 Å². The van der Waals surface area contributed by atoms with E-state index in [4.69, 9.17) is 4.74 Å². The molecule has 0 saturated carbocycles. The molecule has 1 heterocycles. The Hall–Kier alpha value is -0.510. The first-order valence-electron chi connectivity index (χ1n) is 6.80. The predicted octanol–water partition coefficient (Wildman–Crippen LogP) is 3.17. The fourth-order valence-corrected chi connectivity index (χ4v) is 3.14. The molecule has 2 unspecified atom stereocenters. The quantitative estimate of drug-likeness (QED) is 0.883. The number of rotatable bonds is 5. The fourth-order valence-electron chi connectivity index (χ4n) is 2.24. The summed E-state index contributed by atoms with van der Waals surface area (Å²) in [6, 6.07) is 9.16. The highest BCUT2D eigenvalue weighted by atomic mass is 32.2. The summed E-state index contributed by atoms with van der Waals surface area (Å²) in [6.45, 7) is 6.26. The van der Waals surface area contributed by atoms with Gasteiger partial charge in [-0.15, -0.1) is 0 Å². The highest BCUT2D eigenvalue weighted by Crippen LogP contribution is 2.25. The molecule has 0 aliphatic carbocycles. The summed E-state index contributed by atoms with van der Waals surface area (Å²) in [5.41, 5.74) is 2.66. The number of hydrogen-bond acceptors (Lipinski definition) is 3. The highest BCUT2D eigenvalue weighted by Gasteiger charge is 2.25. The van der Waals surface area contributed by atoms with Crippen LogP contribution in [0.3, 0.4) is 0 Å². The largest absolute Gasteiger partial charge is 0.375 e. The van der Waals surface area contributed by atoms with Crippen molar-refractivity contribution in [3.8, 4) is 0 Å². The first-order valence-corrected chi connectivity index (χ1v) is 7.96. The first kappa shape index (κ1) is 13.9. The Bertz CT molecular complexity index is 346. The van der Waals surface area contributed by atoms with Crippen molar-refractivity contribution in [1.82, 2.24) is 5.32 Å². The van der Waals surface area contributed by atoms with Crippen LogP contribution in [0.5, 0.6) is 0 Å². The maximum Gasteiger partial charge on any atom is 0.0860 e. The van der Waals surface area contributed by atoms with Gasteiger partial charge in [-0.25, -0.2) is 0 Å². The number of aryl methyl sites for hydroxylation is 1. The Balaban J connectivity index is 2.10. The van der Waals surface area contributed by atoms with Gasteiger partial charge in [0.25, 0.3) is 0 Å². The molecule has 1 aliphatic heterocycles. The summed E-state index contributed by atoms with van der Waals surface area (Å²) in [5, 5.41) is 3.64. The Morgan fingerprint density at radius 1 is 1.39 bits per heavy atom. The van der Waals surface area contributed by atoms with Crippen molar-refractivity contribution in [2.45, 2.75) is 32.4 Å². The number of ether oxygens (including phenoxy) is 1. The number of nitrogens with one attached hydrogen (secondary N) is 1. The summed E-state index contributed by atoms with van der Waals surface area (Å²) in [5.74, 6) is 2.22. The lowest BCUT2D eigenvalue weighted by molar-refractivity contribution is 0.0468. The third-order valence-corrected chi connectivity index (χ3v) is 4.28. The normalized spacial score (nSPS) is 21.8. The Morgan fingerprint density at radius 3 is 2.78 bits per heavy atom. The maximum atomic E-state index is 5.94. The molecule has 2 nitrogen and oxygen atoms in total. The number of benzene rings is 1. The fraction of sp³-hybridized carbons (Fsp3) is 0.600. The van der Waals surface area contributed by atoms with E-state index in [1.807, 2.05) is 11.8 Å². The second-order valence-corrected chi connectivity index (χ2v) is 5.98. The van der Waals surface area contributed by atoms with Gasteiger partial charge >= 0.3 is 0 Å². The minimum Gasteiger partial charge on any atom is -0.375 e. The van der Waals surface area contributed by atoms with Crippen LogP contribution in [-0.2, 0) is 4.74 Å². The zero-order valence-corrected chi connectivity index (χ0v) is 12.1. The summed E-state index contributed by atoms with van der Waals surface area (Å²) < 4.78 is 5.94. The molecule has 1 saturated heterocycles. The van der Waals surface area contributed by atoms with Crippen molar-refractivity contribution < 1.29 is 4.74 Å². The molecule has 0 spiro atoms. The van der Waals surface area contributed by atoms with E-state index in [0.717, 1.165) is 31.1 Å². The van der Waals surface area contributed by atoms with Crippen LogP contribution in [0, 0.1) is 6.92 Å². The number of hydrogen-bond donors (Lipinski definition) is 1. The molecule has 1 N–H and O–H groups in total. The molecule has 1 aromatic rings. The molecule has 3 heteroatoms. The zero-order chi connectivity index (χ0) is 12.8. The minimum absolute atomic E-state index is 0.304. The Morgan fingerprint density at radius 2 is 2.17 bits per heavy atom. The molecule has 100 valence electrons. The van der Waals surface area contributed by atoms with Crippen LogP contribution in [0.15, 0.2) is 24.3 Å². The Labute approximate surface area is 114 Å². The number of thioether (sulfide) groups is 1. The van der Waals surface area contributed by atoms with E-state index >= 15 is 0 Å². The van der Waals surface area contributed by atoms with Gasteiger partial charge in [0.1, 0.15) is 0 Å². The average molecular weight is 265 g/mol. The van der Waals surface area contributed by atoms with Crippen LogP contribution in [0.25, 0.3) is 0 Å². The van der Waals surface area contributed by atoms with E-state index in [2.05, 4.69) is 43.4 Å². The van der Waals surface area contributed by atoms with Crippen molar-refractivity contribution >= 4 is 11.8 Å². The van der Waals surface area contributed by atoms with Gasteiger partial charge in [0.15, 0.2) is 0 Å². The van der Waals surface area contributed by atoms with Gasteiger partial charge < -0.3 is 10.1 Å². The van der Waals surface area contributed by atoms with E-state index in [-0.39, 0.29) is 0 Å². The molecule has 2 rings (SSSR count). The lowest BCUT2D eigenvalue weighted by atomic mass is 10.0. The van der Waals surface area contributed by atoms with Gasteiger partial charge in [0.05, 0.1) is 18.8 Å². The van der Waals surface area contributed by atoms with Gasteiger partial charge in [-0.3, -0.25) is 0 Å². The first-order chi connectivity index (χ1) is 8.81. The highest BCUT2D eigenvalue weighted by molar-refractivity contribution is 7.99. The lowest BCUT2D eigenvalue weighted by Gasteiger charge is -2.31. The third-order valence-electron chi connectivity index (χ3n) is 3.26. The zero-order valence-electron chi connectivity index (χ0n) is 11.3. The molecular weight excluding hydrogens is 242 g/mol. The van der Waals surface area contributed by atoms with E-state index in [1.54, 1.807) is 0 Å². The molecule has 0 bridgehead atoms. The molecule has 0 radical (unpaired) electrons.